The van der Waals surface area contributed by atoms with E-state index in [-0.39, 0.29) is 0 Å². The summed E-state index contributed by atoms with van der Waals surface area (Å²) in [6, 6.07) is 0. The summed E-state index contributed by atoms with van der Waals surface area (Å²) in [6.45, 7) is 6.41. The molecule has 1 rings (SSSR count). The molecule has 0 amide bonds. The van der Waals surface area contributed by atoms with E-state index in [4.69, 9.17) is 5.11 Å². The molecule has 0 saturated heterocycles. The number of thiazole rings is 1. The van der Waals surface area contributed by atoms with Gasteiger partial charge in [0.05, 0.1) is 5.01 Å². The molecule has 1 unspecified atom stereocenters. The van der Waals surface area contributed by atoms with Crippen LogP contribution in [0, 0.1) is 12.8 Å². The molecule has 0 aliphatic rings. The van der Waals surface area contributed by atoms with E-state index in [1.807, 2.05) is 13.1 Å². The summed E-state index contributed by atoms with van der Waals surface area (Å²) in [5, 5.41) is 13.5. The fourth-order valence-corrected chi connectivity index (χ4v) is 2.59. The van der Waals surface area contributed by atoms with E-state index in [2.05, 4.69) is 17.2 Å². The molecule has 16 heavy (non-hydrogen) atoms. The fourth-order valence-electron chi connectivity index (χ4n) is 1.83. The Morgan fingerprint density at radius 3 is 2.88 bits per heavy atom. The Kier molecular flexibility index (Phi) is 6.61. The van der Waals surface area contributed by atoms with Crippen molar-refractivity contribution in [2.24, 2.45) is 5.92 Å². The van der Waals surface area contributed by atoms with Crippen molar-refractivity contribution in [2.75, 3.05) is 13.2 Å². The Morgan fingerprint density at radius 1 is 1.50 bits per heavy atom. The Bertz CT molecular complexity index is 282. The second kappa shape index (κ2) is 7.76. The van der Waals surface area contributed by atoms with E-state index in [1.54, 1.807) is 11.3 Å². The van der Waals surface area contributed by atoms with Crippen LogP contribution in [0.2, 0.25) is 0 Å². The summed E-state index contributed by atoms with van der Waals surface area (Å²) in [5.41, 5.74) is 0. The lowest BCUT2D eigenvalue weighted by atomic mass is 10.0. The van der Waals surface area contributed by atoms with Gasteiger partial charge in [-0.1, -0.05) is 13.3 Å². The topological polar surface area (TPSA) is 45.1 Å². The van der Waals surface area contributed by atoms with Crippen molar-refractivity contribution < 1.29 is 5.11 Å². The molecule has 0 fully saturated rings. The van der Waals surface area contributed by atoms with Crippen LogP contribution in [0.3, 0.4) is 0 Å². The highest BCUT2D eigenvalue weighted by Crippen LogP contribution is 2.12. The molecule has 0 aliphatic heterocycles. The number of aryl methyl sites for hydroxylation is 1. The van der Waals surface area contributed by atoms with Crippen molar-refractivity contribution >= 4 is 11.3 Å². The van der Waals surface area contributed by atoms with Gasteiger partial charge in [0.15, 0.2) is 0 Å². The summed E-state index contributed by atoms with van der Waals surface area (Å²) in [6.07, 6.45) is 5.22. The lowest BCUT2D eigenvalue weighted by Crippen LogP contribution is -2.22. The number of rotatable bonds is 8. The van der Waals surface area contributed by atoms with Crippen molar-refractivity contribution in [3.8, 4) is 0 Å². The third-order valence-electron chi connectivity index (χ3n) is 2.64. The van der Waals surface area contributed by atoms with Gasteiger partial charge in [0, 0.05) is 24.2 Å². The van der Waals surface area contributed by atoms with Crippen LogP contribution in [0.1, 0.15) is 36.1 Å². The van der Waals surface area contributed by atoms with Gasteiger partial charge in [-0.2, -0.15) is 0 Å². The largest absolute Gasteiger partial charge is 0.396 e. The third kappa shape index (κ3) is 5.05. The van der Waals surface area contributed by atoms with Crippen LogP contribution in [0.4, 0.5) is 0 Å². The molecule has 1 aromatic heterocycles. The maximum atomic E-state index is 8.95. The van der Waals surface area contributed by atoms with E-state index in [9.17, 15) is 0 Å². The summed E-state index contributed by atoms with van der Waals surface area (Å²) < 4.78 is 0. The van der Waals surface area contributed by atoms with Crippen LogP contribution in [0.5, 0.6) is 0 Å². The molecule has 0 radical (unpaired) electrons. The minimum absolute atomic E-state index is 0.298. The van der Waals surface area contributed by atoms with Crippen LogP contribution < -0.4 is 5.32 Å². The quantitative estimate of drug-likeness (QED) is 0.735. The first-order valence-corrected chi connectivity index (χ1v) is 6.80. The van der Waals surface area contributed by atoms with Crippen LogP contribution in [-0.4, -0.2) is 23.2 Å². The number of aromatic nitrogens is 1. The van der Waals surface area contributed by atoms with Crippen molar-refractivity contribution in [3.05, 3.63) is 16.1 Å². The lowest BCUT2D eigenvalue weighted by molar-refractivity contribution is 0.248. The zero-order valence-electron chi connectivity index (χ0n) is 10.2. The maximum Gasteiger partial charge on any atom is 0.0897 e. The van der Waals surface area contributed by atoms with Gasteiger partial charge in [-0.25, -0.2) is 4.98 Å². The van der Waals surface area contributed by atoms with Gasteiger partial charge in [0.2, 0.25) is 0 Å². The van der Waals surface area contributed by atoms with Gasteiger partial charge < -0.3 is 10.4 Å². The SMILES string of the molecule is CCCC(CCO)CNCc1cnc(C)s1. The highest BCUT2D eigenvalue weighted by atomic mass is 32.1. The smallest absolute Gasteiger partial charge is 0.0897 e. The molecule has 0 aliphatic carbocycles. The molecule has 2 N–H and O–H groups in total. The summed E-state index contributed by atoms with van der Waals surface area (Å²) >= 11 is 1.74. The zero-order valence-corrected chi connectivity index (χ0v) is 11.0. The molecular formula is C12H22N2OS. The minimum Gasteiger partial charge on any atom is -0.396 e. The van der Waals surface area contributed by atoms with Crippen molar-refractivity contribution in [2.45, 2.75) is 39.7 Å². The number of aliphatic hydroxyl groups excluding tert-OH is 1. The van der Waals surface area contributed by atoms with E-state index in [0.717, 1.165) is 24.5 Å². The van der Waals surface area contributed by atoms with Crippen molar-refractivity contribution in [1.82, 2.24) is 10.3 Å². The first-order valence-electron chi connectivity index (χ1n) is 5.99. The molecule has 1 heterocycles. The van der Waals surface area contributed by atoms with Gasteiger partial charge >= 0.3 is 0 Å². The third-order valence-corrected chi connectivity index (χ3v) is 3.55. The van der Waals surface area contributed by atoms with Gasteiger partial charge in [-0.15, -0.1) is 11.3 Å². The zero-order chi connectivity index (χ0) is 11.8. The second-order valence-electron chi connectivity index (χ2n) is 4.14. The number of hydrogen-bond donors (Lipinski definition) is 2. The average Bonchev–Trinajstić information content (AvgIpc) is 2.65. The second-order valence-corrected chi connectivity index (χ2v) is 5.46. The predicted octanol–water partition coefficient (Wildman–Crippen LogP) is 2.34. The molecule has 4 heteroatoms. The highest BCUT2D eigenvalue weighted by Gasteiger charge is 2.06. The molecule has 0 saturated carbocycles. The highest BCUT2D eigenvalue weighted by molar-refractivity contribution is 7.11. The maximum absolute atomic E-state index is 8.95. The van der Waals surface area contributed by atoms with E-state index in [0.29, 0.717) is 12.5 Å². The van der Waals surface area contributed by atoms with Crippen molar-refractivity contribution in [3.63, 3.8) is 0 Å². The number of aliphatic hydroxyl groups is 1. The number of hydrogen-bond acceptors (Lipinski definition) is 4. The van der Waals surface area contributed by atoms with E-state index < -0.39 is 0 Å². The predicted molar refractivity (Wildman–Crippen MR) is 68.7 cm³/mol. The van der Waals surface area contributed by atoms with Crippen molar-refractivity contribution in [1.29, 1.82) is 0 Å². The molecule has 1 aromatic rings. The van der Waals surface area contributed by atoms with Gasteiger partial charge in [0.25, 0.3) is 0 Å². The lowest BCUT2D eigenvalue weighted by Gasteiger charge is -2.15. The first kappa shape index (κ1) is 13.6. The van der Waals surface area contributed by atoms with Gasteiger partial charge in [-0.3, -0.25) is 0 Å². The standard InChI is InChI=1S/C12H22N2OS/c1-3-4-11(5-6-15)7-13-8-12-9-14-10(2)16-12/h9,11,13,15H,3-8H2,1-2H3. The first-order chi connectivity index (χ1) is 7.76. The number of nitrogens with one attached hydrogen (secondary N) is 1. The summed E-state index contributed by atoms with van der Waals surface area (Å²) in [5.74, 6) is 0.601. The normalized spacial score (nSPS) is 12.9. The Balaban J connectivity index is 2.21. The molecule has 0 spiro atoms. The number of nitrogens with zero attached hydrogens (tertiary/aromatic N) is 1. The minimum atomic E-state index is 0.298. The monoisotopic (exact) mass is 242 g/mol. The van der Waals surface area contributed by atoms with Crippen LogP contribution >= 0.6 is 11.3 Å². The van der Waals surface area contributed by atoms with E-state index >= 15 is 0 Å². The van der Waals surface area contributed by atoms with Crippen LogP contribution in [-0.2, 0) is 6.54 Å². The van der Waals surface area contributed by atoms with Gasteiger partial charge in [-0.05, 0) is 32.2 Å². The molecule has 92 valence electrons. The Labute approximate surface area is 102 Å². The van der Waals surface area contributed by atoms with Crippen LogP contribution in [0.25, 0.3) is 0 Å². The Morgan fingerprint density at radius 2 is 2.31 bits per heavy atom. The van der Waals surface area contributed by atoms with Gasteiger partial charge in [0.1, 0.15) is 0 Å². The molecular weight excluding hydrogens is 220 g/mol. The van der Waals surface area contributed by atoms with E-state index in [1.165, 1.54) is 17.7 Å². The summed E-state index contributed by atoms with van der Waals surface area (Å²) in [7, 11) is 0. The molecule has 1 atom stereocenters. The molecule has 0 bridgehead atoms. The summed E-state index contributed by atoms with van der Waals surface area (Å²) in [4.78, 5) is 5.51. The fraction of sp³-hybridized carbons (Fsp3) is 0.750. The molecule has 0 aromatic carbocycles. The average molecular weight is 242 g/mol. The molecule has 3 nitrogen and oxygen atoms in total. The Hall–Kier alpha value is -0.450. The van der Waals surface area contributed by atoms with Crippen LogP contribution in [0.15, 0.2) is 6.20 Å².